The van der Waals surface area contributed by atoms with Crippen LogP contribution in [0, 0.1) is 17.8 Å². The van der Waals surface area contributed by atoms with Crippen LogP contribution in [0.25, 0.3) is 0 Å². The van der Waals surface area contributed by atoms with Gasteiger partial charge in [-0.05, 0) is 50.6 Å². The maximum Gasteiger partial charge on any atom is 0.0275 e. The molecule has 0 aromatic carbocycles. The third-order valence-electron chi connectivity index (χ3n) is 4.67. The topological polar surface area (TPSA) is 15.3 Å². The van der Waals surface area contributed by atoms with Gasteiger partial charge in [-0.15, -0.1) is 0 Å². The van der Waals surface area contributed by atoms with Gasteiger partial charge in [0.15, 0.2) is 0 Å². The molecule has 5 atom stereocenters. The molecule has 0 amide bonds. The Hall–Kier alpha value is -0.0800. The fourth-order valence-corrected chi connectivity index (χ4v) is 3.98. The molecule has 2 aliphatic rings. The lowest BCUT2D eigenvalue weighted by atomic mass is 9.76. The van der Waals surface area contributed by atoms with Crippen LogP contribution >= 0.6 is 0 Å². The van der Waals surface area contributed by atoms with Crippen molar-refractivity contribution in [2.45, 2.75) is 52.1 Å². The van der Waals surface area contributed by atoms with E-state index in [-0.39, 0.29) is 0 Å². The molecular weight excluding hydrogens is 196 g/mol. The fourth-order valence-electron chi connectivity index (χ4n) is 3.98. The highest BCUT2D eigenvalue weighted by molar-refractivity contribution is 4.95. The number of nitrogens with zero attached hydrogens (tertiary/aromatic N) is 1. The predicted octanol–water partition coefficient (Wildman–Crippen LogP) is 2.35. The summed E-state index contributed by atoms with van der Waals surface area (Å²) in [5.41, 5.74) is 0. The van der Waals surface area contributed by atoms with E-state index in [0.717, 1.165) is 23.8 Å². The molecule has 1 N–H and O–H groups in total. The van der Waals surface area contributed by atoms with Crippen LogP contribution in [0.5, 0.6) is 0 Å². The van der Waals surface area contributed by atoms with Gasteiger partial charge in [-0.25, -0.2) is 0 Å². The van der Waals surface area contributed by atoms with E-state index in [1.807, 2.05) is 0 Å². The highest BCUT2D eigenvalue weighted by Crippen LogP contribution is 2.34. The van der Waals surface area contributed by atoms with Gasteiger partial charge in [-0.2, -0.15) is 0 Å². The van der Waals surface area contributed by atoms with E-state index in [0.29, 0.717) is 6.04 Å². The van der Waals surface area contributed by atoms with Gasteiger partial charge >= 0.3 is 0 Å². The maximum atomic E-state index is 3.56. The standard InChI is InChI=1S/C14H28N2/c1-10-5-6-16(9-10)14-12(3)7-11(2)8-13(14)15-4/h10-15H,5-9H2,1-4H3. The van der Waals surface area contributed by atoms with E-state index >= 15 is 0 Å². The molecule has 1 heterocycles. The molecular formula is C14H28N2. The van der Waals surface area contributed by atoms with Gasteiger partial charge in [-0.1, -0.05) is 20.8 Å². The van der Waals surface area contributed by atoms with Crippen LogP contribution in [0.4, 0.5) is 0 Å². The summed E-state index contributed by atoms with van der Waals surface area (Å²) in [6.45, 7) is 9.89. The average molecular weight is 224 g/mol. The van der Waals surface area contributed by atoms with Gasteiger partial charge < -0.3 is 5.32 Å². The number of likely N-dealkylation sites (tertiary alicyclic amines) is 1. The highest BCUT2D eigenvalue weighted by atomic mass is 15.2. The maximum absolute atomic E-state index is 3.56. The smallest absolute Gasteiger partial charge is 0.0275 e. The number of hydrogen-bond donors (Lipinski definition) is 1. The van der Waals surface area contributed by atoms with E-state index < -0.39 is 0 Å². The summed E-state index contributed by atoms with van der Waals surface area (Å²) in [6, 6.07) is 1.50. The van der Waals surface area contributed by atoms with Gasteiger partial charge in [0.2, 0.25) is 0 Å². The van der Waals surface area contributed by atoms with Gasteiger partial charge in [0, 0.05) is 18.6 Å². The van der Waals surface area contributed by atoms with E-state index in [2.05, 4.69) is 38.0 Å². The minimum atomic E-state index is 0.712. The monoisotopic (exact) mass is 224 g/mol. The molecule has 2 heteroatoms. The fraction of sp³-hybridized carbons (Fsp3) is 1.00. The molecule has 1 aliphatic carbocycles. The molecule has 0 bridgehead atoms. The van der Waals surface area contributed by atoms with Crippen molar-refractivity contribution in [2.24, 2.45) is 17.8 Å². The Bertz CT molecular complexity index is 227. The van der Waals surface area contributed by atoms with Crippen molar-refractivity contribution < 1.29 is 0 Å². The van der Waals surface area contributed by atoms with Crippen molar-refractivity contribution in [1.82, 2.24) is 10.2 Å². The van der Waals surface area contributed by atoms with Crippen LogP contribution in [0.1, 0.15) is 40.0 Å². The van der Waals surface area contributed by atoms with Crippen LogP contribution in [0.2, 0.25) is 0 Å². The first-order valence-corrected chi connectivity index (χ1v) is 7.03. The third-order valence-corrected chi connectivity index (χ3v) is 4.67. The molecule has 1 saturated carbocycles. The normalized spacial score (nSPS) is 46.1. The first-order chi connectivity index (χ1) is 7.61. The summed E-state index contributed by atoms with van der Waals surface area (Å²) < 4.78 is 0. The third kappa shape index (κ3) is 2.43. The lowest BCUT2D eigenvalue weighted by Gasteiger charge is -2.44. The summed E-state index contributed by atoms with van der Waals surface area (Å²) >= 11 is 0. The van der Waals surface area contributed by atoms with Gasteiger partial charge in [0.1, 0.15) is 0 Å². The van der Waals surface area contributed by atoms with Gasteiger partial charge in [-0.3, -0.25) is 4.90 Å². The Morgan fingerprint density at radius 1 is 1.06 bits per heavy atom. The molecule has 2 rings (SSSR count). The Balaban J connectivity index is 2.04. The van der Waals surface area contributed by atoms with Crippen molar-refractivity contribution in [1.29, 1.82) is 0 Å². The lowest BCUT2D eigenvalue weighted by molar-refractivity contribution is 0.0799. The summed E-state index contributed by atoms with van der Waals surface area (Å²) in [5.74, 6) is 2.65. The number of nitrogens with one attached hydrogen (secondary N) is 1. The molecule has 16 heavy (non-hydrogen) atoms. The Kier molecular flexibility index (Phi) is 3.91. The zero-order valence-corrected chi connectivity index (χ0v) is 11.4. The molecule has 2 fully saturated rings. The SMILES string of the molecule is CNC1CC(C)CC(C)C1N1CCC(C)C1. The largest absolute Gasteiger partial charge is 0.315 e. The van der Waals surface area contributed by atoms with Gasteiger partial charge in [0.05, 0.1) is 0 Å². The zero-order valence-electron chi connectivity index (χ0n) is 11.4. The molecule has 1 aliphatic heterocycles. The van der Waals surface area contributed by atoms with Crippen molar-refractivity contribution in [3.63, 3.8) is 0 Å². The molecule has 1 saturated heterocycles. The average Bonchev–Trinajstić information content (AvgIpc) is 2.63. The summed E-state index contributed by atoms with van der Waals surface area (Å²) in [6.07, 6.45) is 4.17. The van der Waals surface area contributed by atoms with E-state index in [1.165, 1.54) is 32.4 Å². The van der Waals surface area contributed by atoms with E-state index in [9.17, 15) is 0 Å². The second kappa shape index (κ2) is 5.05. The van der Waals surface area contributed by atoms with Crippen molar-refractivity contribution in [3.05, 3.63) is 0 Å². The summed E-state index contributed by atoms with van der Waals surface area (Å²) in [4.78, 5) is 2.75. The molecule has 0 aromatic heterocycles. The Labute approximate surface area is 101 Å². The molecule has 2 nitrogen and oxygen atoms in total. The second-order valence-electron chi connectivity index (χ2n) is 6.33. The van der Waals surface area contributed by atoms with Crippen LogP contribution in [0.15, 0.2) is 0 Å². The number of likely N-dealkylation sites (N-methyl/N-ethyl adjacent to an activating group) is 1. The Morgan fingerprint density at radius 3 is 2.38 bits per heavy atom. The summed E-state index contributed by atoms with van der Waals surface area (Å²) in [5, 5.41) is 3.56. The summed E-state index contributed by atoms with van der Waals surface area (Å²) in [7, 11) is 2.14. The molecule has 94 valence electrons. The number of hydrogen-bond acceptors (Lipinski definition) is 2. The highest BCUT2D eigenvalue weighted by Gasteiger charge is 2.38. The van der Waals surface area contributed by atoms with E-state index in [4.69, 9.17) is 0 Å². The van der Waals surface area contributed by atoms with Crippen molar-refractivity contribution >= 4 is 0 Å². The predicted molar refractivity (Wildman–Crippen MR) is 69.6 cm³/mol. The second-order valence-corrected chi connectivity index (χ2v) is 6.33. The van der Waals surface area contributed by atoms with E-state index in [1.54, 1.807) is 0 Å². The van der Waals surface area contributed by atoms with Crippen LogP contribution in [-0.4, -0.2) is 37.1 Å². The quantitative estimate of drug-likeness (QED) is 0.774. The van der Waals surface area contributed by atoms with Crippen LogP contribution < -0.4 is 5.32 Å². The molecule has 0 radical (unpaired) electrons. The molecule has 0 spiro atoms. The number of rotatable bonds is 2. The van der Waals surface area contributed by atoms with Gasteiger partial charge in [0.25, 0.3) is 0 Å². The van der Waals surface area contributed by atoms with Crippen LogP contribution in [-0.2, 0) is 0 Å². The lowest BCUT2D eigenvalue weighted by Crippen LogP contribution is -2.55. The van der Waals surface area contributed by atoms with Crippen molar-refractivity contribution in [3.8, 4) is 0 Å². The first kappa shape index (κ1) is 12.4. The molecule has 5 unspecified atom stereocenters. The minimum absolute atomic E-state index is 0.712. The first-order valence-electron chi connectivity index (χ1n) is 7.03. The zero-order chi connectivity index (χ0) is 11.7. The molecule has 0 aromatic rings. The minimum Gasteiger partial charge on any atom is -0.315 e. The Morgan fingerprint density at radius 2 is 1.81 bits per heavy atom. The van der Waals surface area contributed by atoms with Crippen molar-refractivity contribution in [2.75, 3.05) is 20.1 Å². The van der Waals surface area contributed by atoms with Crippen LogP contribution in [0.3, 0.4) is 0 Å².